The number of thioether (sulfide) groups is 1. The summed E-state index contributed by atoms with van der Waals surface area (Å²) < 4.78 is 16.6. The summed E-state index contributed by atoms with van der Waals surface area (Å²) in [6, 6.07) is 7.40. The molecule has 2 aliphatic heterocycles. The Kier molecular flexibility index (Phi) is 7.67. The Morgan fingerprint density at radius 2 is 1.93 bits per heavy atom. The van der Waals surface area contributed by atoms with Crippen molar-refractivity contribution in [2.24, 2.45) is 0 Å². The molecule has 1 amide bonds. The lowest BCUT2D eigenvalue weighted by molar-refractivity contribution is -0.123. The van der Waals surface area contributed by atoms with Crippen LogP contribution in [0.15, 0.2) is 24.3 Å². The zero-order valence-electron chi connectivity index (χ0n) is 16.1. The molecule has 7 heteroatoms. The summed E-state index contributed by atoms with van der Waals surface area (Å²) in [5.74, 6) is 3.63. The number of carbonyl (C=O) groups is 1. The van der Waals surface area contributed by atoms with Gasteiger partial charge in [0, 0.05) is 30.9 Å². The predicted octanol–water partition coefficient (Wildman–Crippen LogP) is 2.18. The molecule has 0 saturated carbocycles. The van der Waals surface area contributed by atoms with E-state index in [1.165, 1.54) is 0 Å². The Bertz CT molecular complexity index is 584. The van der Waals surface area contributed by atoms with Gasteiger partial charge >= 0.3 is 0 Å². The fourth-order valence-electron chi connectivity index (χ4n) is 3.45. The van der Waals surface area contributed by atoms with Crippen molar-refractivity contribution in [2.45, 2.75) is 25.3 Å². The van der Waals surface area contributed by atoms with Crippen molar-refractivity contribution in [3.63, 3.8) is 0 Å². The molecule has 0 aliphatic carbocycles. The summed E-state index contributed by atoms with van der Waals surface area (Å²) in [5, 5.41) is 3.09. The van der Waals surface area contributed by atoms with Gasteiger partial charge in [-0.25, -0.2) is 0 Å². The van der Waals surface area contributed by atoms with Crippen LogP contribution in [0.25, 0.3) is 0 Å². The number of nitrogens with one attached hydrogen (secondary N) is 1. The molecule has 1 atom stereocenters. The molecule has 1 unspecified atom stereocenters. The van der Waals surface area contributed by atoms with E-state index in [4.69, 9.17) is 14.2 Å². The lowest BCUT2D eigenvalue weighted by Gasteiger charge is -2.43. The maximum absolute atomic E-state index is 12.3. The van der Waals surface area contributed by atoms with E-state index >= 15 is 0 Å². The Labute approximate surface area is 165 Å². The van der Waals surface area contributed by atoms with Crippen molar-refractivity contribution >= 4 is 17.7 Å². The number of benzene rings is 1. The maximum Gasteiger partial charge on any atom is 0.258 e. The normalized spacial score (nSPS) is 23.1. The summed E-state index contributed by atoms with van der Waals surface area (Å²) in [7, 11) is 0. The van der Waals surface area contributed by atoms with E-state index in [0.717, 1.165) is 56.4 Å². The molecule has 2 heterocycles. The van der Waals surface area contributed by atoms with Gasteiger partial charge in [0.25, 0.3) is 5.91 Å². The Morgan fingerprint density at radius 1 is 1.22 bits per heavy atom. The van der Waals surface area contributed by atoms with Crippen LogP contribution < -0.4 is 14.8 Å². The first-order valence-electron chi connectivity index (χ1n) is 9.75. The predicted molar refractivity (Wildman–Crippen MR) is 108 cm³/mol. The van der Waals surface area contributed by atoms with Crippen LogP contribution in [0.4, 0.5) is 0 Å². The number of hydrogen-bond donors (Lipinski definition) is 1. The molecule has 2 saturated heterocycles. The summed E-state index contributed by atoms with van der Waals surface area (Å²) in [6.45, 7) is 6.92. The quantitative estimate of drug-likeness (QED) is 0.693. The summed E-state index contributed by atoms with van der Waals surface area (Å²) in [5.41, 5.74) is 0.0579. The van der Waals surface area contributed by atoms with Crippen LogP contribution in [0, 0.1) is 0 Å². The molecule has 1 aromatic carbocycles. The first-order chi connectivity index (χ1) is 13.2. The number of nitrogens with zero attached hydrogens (tertiary/aromatic N) is 1. The SMILES string of the molecule is CCCOc1ccc(OCC(=O)NCC2(N3CCOCC3)CCSC2)cc1. The van der Waals surface area contributed by atoms with E-state index in [1.54, 1.807) is 0 Å². The summed E-state index contributed by atoms with van der Waals surface area (Å²) in [4.78, 5) is 14.8. The van der Waals surface area contributed by atoms with Crippen molar-refractivity contribution in [3.8, 4) is 11.5 Å². The second kappa shape index (κ2) is 10.2. The molecular formula is C20H30N2O4S. The number of ether oxygens (including phenoxy) is 3. The van der Waals surface area contributed by atoms with E-state index in [-0.39, 0.29) is 18.1 Å². The molecule has 2 aliphatic rings. The van der Waals surface area contributed by atoms with Crippen LogP contribution in [0.2, 0.25) is 0 Å². The number of morpholine rings is 1. The maximum atomic E-state index is 12.3. The molecule has 0 radical (unpaired) electrons. The summed E-state index contributed by atoms with van der Waals surface area (Å²) in [6.07, 6.45) is 2.08. The first kappa shape index (κ1) is 20.3. The van der Waals surface area contributed by atoms with Gasteiger partial charge in [0.1, 0.15) is 11.5 Å². The molecule has 3 rings (SSSR count). The second-order valence-corrected chi connectivity index (χ2v) is 8.12. The minimum absolute atomic E-state index is 0.0293. The second-order valence-electron chi connectivity index (χ2n) is 7.01. The van der Waals surface area contributed by atoms with Crippen molar-refractivity contribution < 1.29 is 19.0 Å². The standard InChI is InChI=1S/C20H30N2O4S/c1-2-10-25-17-3-5-18(6-4-17)26-14-19(23)21-15-20(7-13-27-16-20)22-8-11-24-12-9-22/h3-6H,2,7-16H2,1H3,(H,21,23). The molecule has 1 aromatic rings. The third-order valence-electron chi connectivity index (χ3n) is 5.05. The minimum atomic E-state index is -0.0779. The highest BCUT2D eigenvalue weighted by molar-refractivity contribution is 7.99. The Balaban J connectivity index is 1.44. The van der Waals surface area contributed by atoms with Gasteiger partial charge in [0.2, 0.25) is 0 Å². The van der Waals surface area contributed by atoms with Crippen LogP contribution in [-0.2, 0) is 9.53 Å². The molecule has 27 heavy (non-hydrogen) atoms. The van der Waals surface area contributed by atoms with Gasteiger partial charge in [-0.15, -0.1) is 0 Å². The van der Waals surface area contributed by atoms with Crippen LogP contribution >= 0.6 is 11.8 Å². The van der Waals surface area contributed by atoms with Crippen LogP contribution in [0.3, 0.4) is 0 Å². The number of hydrogen-bond acceptors (Lipinski definition) is 6. The van der Waals surface area contributed by atoms with Crippen molar-refractivity contribution in [2.75, 3.05) is 57.6 Å². The molecule has 0 spiro atoms. The van der Waals surface area contributed by atoms with E-state index in [2.05, 4.69) is 17.1 Å². The fraction of sp³-hybridized carbons (Fsp3) is 0.650. The zero-order chi connectivity index (χ0) is 19.0. The highest BCUT2D eigenvalue weighted by Gasteiger charge is 2.40. The van der Waals surface area contributed by atoms with Gasteiger partial charge in [0.15, 0.2) is 6.61 Å². The first-order valence-corrected chi connectivity index (χ1v) is 10.9. The van der Waals surface area contributed by atoms with Gasteiger partial charge in [0.05, 0.1) is 19.8 Å². The Morgan fingerprint density at radius 3 is 2.56 bits per heavy atom. The van der Waals surface area contributed by atoms with E-state index in [9.17, 15) is 4.79 Å². The van der Waals surface area contributed by atoms with Crippen LogP contribution in [0.5, 0.6) is 11.5 Å². The third-order valence-corrected chi connectivity index (χ3v) is 6.28. The average molecular weight is 395 g/mol. The van der Waals surface area contributed by atoms with Crippen molar-refractivity contribution in [1.82, 2.24) is 10.2 Å². The number of carbonyl (C=O) groups excluding carboxylic acids is 1. The topological polar surface area (TPSA) is 60.0 Å². The van der Waals surface area contributed by atoms with Gasteiger partial charge in [-0.2, -0.15) is 11.8 Å². The lowest BCUT2D eigenvalue weighted by Crippen LogP contribution is -2.59. The average Bonchev–Trinajstić information content (AvgIpc) is 3.21. The lowest BCUT2D eigenvalue weighted by atomic mass is 9.95. The van der Waals surface area contributed by atoms with E-state index in [0.29, 0.717) is 18.9 Å². The molecule has 0 bridgehead atoms. The molecule has 1 N–H and O–H groups in total. The monoisotopic (exact) mass is 394 g/mol. The van der Waals surface area contributed by atoms with Crippen molar-refractivity contribution in [1.29, 1.82) is 0 Å². The highest BCUT2D eigenvalue weighted by atomic mass is 32.2. The highest BCUT2D eigenvalue weighted by Crippen LogP contribution is 2.33. The number of amides is 1. The van der Waals surface area contributed by atoms with E-state index in [1.807, 2.05) is 36.0 Å². The molecule has 2 fully saturated rings. The Hall–Kier alpha value is -1.44. The van der Waals surface area contributed by atoms with Gasteiger partial charge in [-0.05, 0) is 42.9 Å². The summed E-state index contributed by atoms with van der Waals surface area (Å²) >= 11 is 1.97. The molecule has 150 valence electrons. The molecular weight excluding hydrogens is 364 g/mol. The number of rotatable bonds is 9. The fourth-order valence-corrected chi connectivity index (χ4v) is 4.93. The smallest absolute Gasteiger partial charge is 0.258 e. The largest absolute Gasteiger partial charge is 0.494 e. The van der Waals surface area contributed by atoms with Crippen molar-refractivity contribution in [3.05, 3.63) is 24.3 Å². The van der Waals surface area contributed by atoms with Crippen LogP contribution in [-0.4, -0.2) is 73.9 Å². The van der Waals surface area contributed by atoms with E-state index < -0.39 is 0 Å². The zero-order valence-corrected chi connectivity index (χ0v) is 16.9. The van der Waals surface area contributed by atoms with Gasteiger partial charge in [-0.1, -0.05) is 6.92 Å². The van der Waals surface area contributed by atoms with Gasteiger partial charge < -0.3 is 19.5 Å². The molecule has 6 nitrogen and oxygen atoms in total. The van der Waals surface area contributed by atoms with Crippen LogP contribution in [0.1, 0.15) is 19.8 Å². The van der Waals surface area contributed by atoms with Gasteiger partial charge in [-0.3, -0.25) is 9.69 Å². The third kappa shape index (κ3) is 5.77. The minimum Gasteiger partial charge on any atom is -0.494 e. The molecule has 0 aromatic heterocycles.